The topological polar surface area (TPSA) is 49.9 Å². The van der Waals surface area contributed by atoms with Crippen LogP contribution in [-0.2, 0) is 6.42 Å². The van der Waals surface area contributed by atoms with Crippen LogP contribution in [0.5, 0.6) is 0 Å². The van der Waals surface area contributed by atoms with Gasteiger partial charge < -0.3 is 11.1 Å². The molecule has 0 heterocycles. The Bertz CT molecular complexity index is 304. The molecule has 0 bridgehead atoms. The zero-order valence-electron chi connectivity index (χ0n) is 8.26. The van der Waals surface area contributed by atoms with E-state index in [1.165, 1.54) is 12.1 Å². The van der Waals surface area contributed by atoms with Crippen LogP contribution in [0.15, 0.2) is 24.3 Å². The van der Waals surface area contributed by atoms with Gasteiger partial charge in [0, 0.05) is 24.6 Å². The van der Waals surface area contributed by atoms with Gasteiger partial charge in [-0.25, -0.2) is 4.39 Å². The van der Waals surface area contributed by atoms with E-state index in [0.717, 1.165) is 5.56 Å². The SMILES string of the molecule is C[C@@H](N)CC(=N)Cc1ccc(F)cc1. The molecular formula is C11H15FN2. The van der Waals surface area contributed by atoms with Crippen LogP contribution in [0.2, 0.25) is 0 Å². The molecule has 0 aliphatic heterocycles. The molecule has 0 amide bonds. The Kier molecular flexibility index (Phi) is 3.77. The van der Waals surface area contributed by atoms with Crippen LogP contribution in [0.1, 0.15) is 18.9 Å². The van der Waals surface area contributed by atoms with Gasteiger partial charge >= 0.3 is 0 Å². The van der Waals surface area contributed by atoms with Crippen LogP contribution in [0.3, 0.4) is 0 Å². The second kappa shape index (κ2) is 4.86. The second-order valence-electron chi connectivity index (χ2n) is 3.59. The summed E-state index contributed by atoms with van der Waals surface area (Å²) in [4.78, 5) is 0. The molecule has 2 nitrogen and oxygen atoms in total. The molecule has 0 saturated heterocycles. The van der Waals surface area contributed by atoms with Gasteiger partial charge in [0.1, 0.15) is 5.82 Å². The fraction of sp³-hybridized carbons (Fsp3) is 0.364. The van der Waals surface area contributed by atoms with Gasteiger partial charge in [0.05, 0.1) is 0 Å². The average molecular weight is 194 g/mol. The van der Waals surface area contributed by atoms with Gasteiger partial charge in [-0.15, -0.1) is 0 Å². The number of halogens is 1. The highest BCUT2D eigenvalue weighted by Crippen LogP contribution is 2.05. The highest BCUT2D eigenvalue weighted by atomic mass is 19.1. The van der Waals surface area contributed by atoms with E-state index < -0.39 is 0 Å². The van der Waals surface area contributed by atoms with Crippen molar-refractivity contribution in [3.8, 4) is 0 Å². The quantitative estimate of drug-likeness (QED) is 0.709. The number of hydrogen-bond acceptors (Lipinski definition) is 2. The van der Waals surface area contributed by atoms with Gasteiger partial charge in [-0.3, -0.25) is 0 Å². The minimum Gasteiger partial charge on any atom is -0.328 e. The molecule has 3 heteroatoms. The van der Waals surface area contributed by atoms with Gasteiger partial charge in [-0.05, 0) is 24.6 Å². The van der Waals surface area contributed by atoms with Crippen molar-refractivity contribution in [2.24, 2.45) is 5.73 Å². The van der Waals surface area contributed by atoms with Crippen molar-refractivity contribution in [1.82, 2.24) is 0 Å². The largest absolute Gasteiger partial charge is 0.328 e. The smallest absolute Gasteiger partial charge is 0.123 e. The summed E-state index contributed by atoms with van der Waals surface area (Å²) in [6.07, 6.45) is 1.15. The summed E-state index contributed by atoms with van der Waals surface area (Å²) in [6.45, 7) is 1.87. The number of hydrogen-bond donors (Lipinski definition) is 2. The van der Waals surface area contributed by atoms with E-state index in [4.69, 9.17) is 11.1 Å². The Balaban J connectivity index is 2.52. The molecule has 1 rings (SSSR count). The Morgan fingerprint density at radius 1 is 1.43 bits per heavy atom. The molecule has 0 saturated carbocycles. The maximum Gasteiger partial charge on any atom is 0.123 e. The van der Waals surface area contributed by atoms with Crippen molar-refractivity contribution in [2.45, 2.75) is 25.8 Å². The Morgan fingerprint density at radius 3 is 2.50 bits per heavy atom. The van der Waals surface area contributed by atoms with Gasteiger partial charge in [-0.2, -0.15) is 0 Å². The first kappa shape index (κ1) is 10.9. The highest BCUT2D eigenvalue weighted by Gasteiger charge is 2.02. The van der Waals surface area contributed by atoms with Crippen LogP contribution in [-0.4, -0.2) is 11.8 Å². The lowest BCUT2D eigenvalue weighted by Gasteiger charge is -2.06. The van der Waals surface area contributed by atoms with E-state index in [2.05, 4.69) is 0 Å². The number of benzene rings is 1. The van der Waals surface area contributed by atoms with Crippen LogP contribution < -0.4 is 5.73 Å². The molecule has 3 N–H and O–H groups in total. The zero-order valence-corrected chi connectivity index (χ0v) is 8.26. The molecule has 0 fully saturated rings. The normalized spacial score (nSPS) is 12.5. The zero-order chi connectivity index (χ0) is 10.6. The van der Waals surface area contributed by atoms with E-state index in [0.29, 0.717) is 18.6 Å². The second-order valence-corrected chi connectivity index (χ2v) is 3.59. The van der Waals surface area contributed by atoms with Crippen molar-refractivity contribution in [1.29, 1.82) is 5.41 Å². The van der Waals surface area contributed by atoms with Gasteiger partial charge in [0.2, 0.25) is 0 Å². The molecule has 0 aliphatic rings. The lowest BCUT2D eigenvalue weighted by Crippen LogP contribution is -2.20. The summed E-state index contributed by atoms with van der Waals surface area (Å²) < 4.78 is 12.6. The van der Waals surface area contributed by atoms with Crippen LogP contribution >= 0.6 is 0 Å². The Labute approximate surface area is 83.4 Å². The third-order valence-electron chi connectivity index (χ3n) is 1.90. The molecule has 76 valence electrons. The number of nitrogens with one attached hydrogen (secondary N) is 1. The summed E-state index contributed by atoms with van der Waals surface area (Å²) in [5.41, 5.74) is 7.12. The molecule has 1 aromatic rings. The summed E-state index contributed by atoms with van der Waals surface area (Å²) >= 11 is 0. The van der Waals surface area contributed by atoms with Crippen LogP contribution in [0, 0.1) is 11.2 Å². The highest BCUT2D eigenvalue weighted by molar-refractivity contribution is 5.84. The molecule has 0 aliphatic carbocycles. The maximum atomic E-state index is 12.6. The third kappa shape index (κ3) is 3.66. The summed E-state index contributed by atoms with van der Waals surface area (Å²) in [5, 5.41) is 7.64. The molecule has 14 heavy (non-hydrogen) atoms. The van der Waals surface area contributed by atoms with E-state index in [9.17, 15) is 4.39 Å². The Morgan fingerprint density at radius 2 is 2.00 bits per heavy atom. The van der Waals surface area contributed by atoms with Crippen molar-refractivity contribution in [3.63, 3.8) is 0 Å². The van der Waals surface area contributed by atoms with Crippen molar-refractivity contribution >= 4 is 5.71 Å². The van der Waals surface area contributed by atoms with E-state index >= 15 is 0 Å². The first-order valence-corrected chi connectivity index (χ1v) is 4.64. The minimum absolute atomic E-state index is 0.0166. The predicted molar refractivity (Wildman–Crippen MR) is 56.1 cm³/mol. The molecule has 1 atom stereocenters. The number of rotatable bonds is 4. The summed E-state index contributed by atoms with van der Waals surface area (Å²) in [5.74, 6) is -0.243. The number of nitrogens with two attached hydrogens (primary N) is 1. The van der Waals surface area contributed by atoms with E-state index in [1.807, 2.05) is 6.92 Å². The summed E-state index contributed by atoms with van der Waals surface area (Å²) in [7, 11) is 0. The van der Waals surface area contributed by atoms with Crippen LogP contribution in [0.4, 0.5) is 4.39 Å². The van der Waals surface area contributed by atoms with E-state index in [1.54, 1.807) is 12.1 Å². The molecule has 1 aromatic carbocycles. The standard InChI is InChI=1S/C11H15FN2/c1-8(13)6-11(14)7-9-2-4-10(12)5-3-9/h2-5,8,14H,6-7,13H2,1H3/t8-/m1/s1. The van der Waals surface area contributed by atoms with Crippen molar-refractivity contribution < 1.29 is 4.39 Å². The van der Waals surface area contributed by atoms with Gasteiger partial charge in [0.15, 0.2) is 0 Å². The summed E-state index contributed by atoms with van der Waals surface area (Å²) in [6, 6.07) is 6.24. The van der Waals surface area contributed by atoms with E-state index in [-0.39, 0.29) is 11.9 Å². The van der Waals surface area contributed by atoms with Crippen molar-refractivity contribution in [2.75, 3.05) is 0 Å². The van der Waals surface area contributed by atoms with Crippen LogP contribution in [0.25, 0.3) is 0 Å². The lowest BCUT2D eigenvalue weighted by atomic mass is 10.0. The molecule has 0 radical (unpaired) electrons. The molecule has 0 spiro atoms. The fourth-order valence-electron chi connectivity index (χ4n) is 1.31. The average Bonchev–Trinajstić information content (AvgIpc) is 2.07. The molecule has 0 unspecified atom stereocenters. The first-order valence-electron chi connectivity index (χ1n) is 4.64. The molecule has 0 aromatic heterocycles. The van der Waals surface area contributed by atoms with Gasteiger partial charge in [0.25, 0.3) is 0 Å². The minimum atomic E-state index is -0.243. The Hall–Kier alpha value is -1.22. The maximum absolute atomic E-state index is 12.6. The predicted octanol–water partition coefficient (Wildman–Crippen LogP) is 2.13. The monoisotopic (exact) mass is 194 g/mol. The fourth-order valence-corrected chi connectivity index (χ4v) is 1.31. The van der Waals surface area contributed by atoms with Gasteiger partial charge in [-0.1, -0.05) is 12.1 Å². The molecular weight excluding hydrogens is 179 g/mol. The first-order chi connectivity index (χ1) is 6.58. The van der Waals surface area contributed by atoms with Crippen molar-refractivity contribution in [3.05, 3.63) is 35.6 Å². The third-order valence-corrected chi connectivity index (χ3v) is 1.90. The lowest BCUT2D eigenvalue weighted by molar-refractivity contribution is 0.627.